The van der Waals surface area contributed by atoms with Crippen LogP contribution in [0.3, 0.4) is 0 Å². The fraction of sp³-hybridized carbons (Fsp3) is 0.357. The van der Waals surface area contributed by atoms with E-state index in [0.29, 0.717) is 18.3 Å². The number of furan rings is 1. The number of aryl methyl sites for hydroxylation is 1. The molecule has 19 heavy (non-hydrogen) atoms. The summed E-state index contributed by atoms with van der Waals surface area (Å²) < 4.78 is 5.20. The smallest absolute Gasteiger partial charge is 0.371 e. The van der Waals surface area contributed by atoms with Gasteiger partial charge in [0.15, 0.2) is 0 Å². The molecule has 0 aliphatic heterocycles. The molecule has 5 heteroatoms. The predicted molar refractivity (Wildman–Crippen MR) is 74.6 cm³/mol. The molecule has 1 atom stereocenters. The van der Waals surface area contributed by atoms with Crippen molar-refractivity contribution in [2.75, 3.05) is 0 Å². The minimum atomic E-state index is -1.03. The van der Waals surface area contributed by atoms with E-state index >= 15 is 0 Å². The molecule has 0 radical (unpaired) electrons. The minimum absolute atomic E-state index is 0.00141. The van der Waals surface area contributed by atoms with Crippen molar-refractivity contribution in [3.05, 3.63) is 45.5 Å². The second-order valence-electron chi connectivity index (χ2n) is 4.35. The highest BCUT2D eigenvalue weighted by Gasteiger charge is 2.15. The summed E-state index contributed by atoms with van der Waals surface area (Å²) in [4.78, 5) is 12.1. The lowest BCUT2D eigenvalue weighted by molar-refractivity contribution is 0.0661. The summed E-state index contributed by atoms with van der Waals surface area (Å²) in [7, 11) is 0. The molecule has 0 fully saturated rings. The van der Waals surface area contributed by atoms with Crippen molar-refractivity contribution in [2.24, 2.45) is 0 Å². The van der Waals surface area contributed by atoms with Crippen LogP contribution in [-0.4, -0.2) is 11.1 Å². The quantitative estimate of drug-likeness (QED) is 0.848. The largest absolute Gasteiger partial charge is 0.475 e. The van der Waals surface area contributed by atoms with Crippen LogP contribution in [0, 0.1) is 6.92 Å². The molecule has 2 N–H and O–H groups in total. The molecule has 0 aliphatic carbocycles. The van der Waals surface area contributed by atoms with Gasteiger partial charge in [0.1, 0.15) is 5.76 Å². The highest BCUT2D eigenvalue weighted by Crippen LogP contribution is 2.23. The second-order valence-corrected chi connectivity index (χ2v) is 5.33. The normalized spacial score (nSPS) is 12.5. The van der Waals surface area contributed by atoms with Gasteiger partial charge in [0.2, 0.25) is 5.76 Å². The Hall–Kier alpha value is -1.59. The fourth-order valence-corrected chi connectivity index (χ4v) is 2.86. The van der Waals surface area contributed by atoms with Crippen molar-refractivity contribution >= 4 is 17.3 Å². The number of nitrogens with one attached hydrogen (secondary N) is 1. The molecule has 2 aromatic rings. The maximum atomic E-state index is 10.8. The van der Waals surface area contributed by atoms with Crippen LogP contribution in [0.25, 0.3) is 0 Å². The molecule has 0 spiro atoms. The lowest BCUT2D eigenvalue weighted by Gasteiger charge is -2.14. The molecule has 0 aliphatic rings. The molecule has 0 saturated carbocycles. The van der Waals surface area contributed by atoms with Crippen molar-refractivity contribution in [1.29, 1.82) is 0 Å². The molecule has 0 amide bonds. The average molecular weight is 279 g/mol. The Balaban J connectivity index is 2.03. The Bertz CT molecular complexity index is 545. The summed E-state index contributed by atoms with van der Waals surface area (Å²) in [6, 6.07) is 6.03. The van der Waals surface area contributed by atoms with Gasteiger partial charge in [0.25, 0.3) is 0 Å². The van der Waals surface area contributed by atoms with Gasteiger partial charge in [0, 0.05) is 23.0 Å². The van der Waals surface area contributed by atoms with Crippen molar-refractivity contribution in [2.45, 2.75) is 32.9 Å². The molecule has 0 saturated heterocycles. The number of thiophene rings is 1. The van der Waals surface area contributed by atoms with Crippen molar-refractivity contribution in [1.82, 2.24) is 5.32 Å². The highest BCUT2D eigenvalue weighted by molar-refractivity contribution is 7.10. The minimum Gasteiger partial charge on any atom is -0.475 e. The fourth-order valence-electron chi connectivity index (χ4n) is 1.97. The Kier molecular flexibility index (Phi) is 4.39. The first-order valence-electron chi connectivity index (χ1n) is 6.21. The van der Waals surface area contributed by atoms with Crippen LogP contribution < -0.4 is 5.32 Å². The van der Waals surface area contributed by atoms with Crippen molar-refractivity contribution in [3.63, 3.8) is 0 Å². The maximum Gasteiger partial charge on any atom is 0.371 e. The van der Waals surface area contributed by atoms with Gasteiger partial charge < -0.3 is 14.8 Å². The molecular weight excluding hydrogens is 262 g/mol. The van der Waals surface area contributed by atoms with E-state index in [4.69, 9.17) is 9.52 Å². The third-order valence-corrected chi connectivity index (χ3v) is 4.05. The molecule has 1 unspecified atom stereocenters. The van der Waals surface area contributed by atoms with Crippen LogP contribution in [0.5, 0.6) is 0 Å². The van der Waals surface area contributed by atoms with Crippen LogP contribution in [0.15, 0.2) is 28.0 Å². The van der Waals surface area contributed by atoms with Gasteiger partial charge in [-0.15, -0.1) is 11.3 Å². The molecule has 0 bridgehead atoms. The summed E-state index contributed by atoms with van der Waals surface area (Å²) >= 11 is 1.72. The van der Waals surface area contributed by atoms with Crippen LogP contribution in [0.2, 0.25) is 0 Å². The summed E-state index contributed by atoms with van der Waals surface area (Å²) in [5, 5.41) is 14.4. The number of aromatic carboxylic acids is 1. The van der Waals surface area contributed by atoms with Gasteiger partial charge in [-0.2, -0.15) is 0 Å². The Labute approximate surface area is 116 Å². The van der Waals surface area contributed by atoms with E-state index in [2.05, 4.69) is 23.7 Å². The summed E-state index contributed by atoms with van der Waals surface area (Å²) in [5.74, 6) is -0.371. The van der Waals surface area contributed by atoms with E-state index in [1.807, 2.05) is 6.07 Å². The van der Waals surface area contributed by atoms with Gasteiger partial charge in [-0.1, -0.05) is 13.0 Å². The first-order chi connectivity index (χ1) is 9.11. The Morgan fingerprint density at radius 2 is 2.37 bits per heavy atom. The maximum absolute atomic E-state index is 10.8. The first kappa shape index (κ1) is 13.8. The summed E-state index contributed by atoms with van der Waals surface area (Å²) in [5.41, 5.74) is 0.896. The molecular formula is C14H17NO3S. The monoisotopic (exact) mass is 279 g/mol. The van der Waals surface area contributed by atoms with Crippen molar-refractivity contribution in [3.8, 4) is 0 Å². The summed E-state index contributed by atoms with van der Waals surface area (Å²) in [6.45, 7) is 4.52. The number of hydrogen-bond acceptors (Lipinski definition) is 4. The van der Waals surface area contributed by atoms with Gasteiger partial charge >= 0.3 is 5.97 Å². The predicted octanol–water partition coefficient (Wildman–Crippen LogP) is 3.59. The molecule has 2 rings (SSSR count). The van der Waals surface area contributed by atoms with Gasteiger partial charge in [-0.3, -0.25) is 0 Å². The number of rotatable bonds is 6. The van der Waals surface area contributed by atoms with E-state index in [1.54, 1.807) is 24.3 Å². The number of carboxylic acid groups (broad SMARTS) is 1. The Morgan fingerprint density at radius 3 is 2.89 bits per heavy atom. The standard InChI is InChI=1S/C14H17NO3S/c1-3-11(13-5-4-6-19-13)15-8-10-7-12(14(16)17)18-9(10)2/h4-7,11,15H,3,8H2,1-2H3,(H,16,17). The lowest BCUT2D eigenvalue weighted by Crippen LogP contribution is -2.19. The third kappa shape index (κ3) is 3.24. The lowest BCUT2D eigenvalue weighted by atomic mass is 10.1. The molecule has 0 aromatic carbocycles. The van der Waals surface area contributed by atoms with Crippen molar-refractivity contribution < 1.29 is 14.3 Å². The molecule has 2 aromatic heterocycles. The third-order valence-electron chi connectivity index (χ3n) is 3.07. The van der Waals surface area contributed by atoms with E-state index in [-0.39, 0.29) is 5.76 Å². The van der Waals surface area contributed by atoms with Crippen LogP contribution in [-0.2, 0) is 6.54 Å². The zero-order valence-corrected chi connectivity index (χ0v) is 11.8. The van der Waals surface area contributed by atoms with E-state index in [1.165, 1.54) is 4.88 Å². The SMILES string of the molecule is CCC(NCc1cc(C(=O)O)oc1C)c1cccs1. The van der Waals surface area contributed by atoms with E-state index < -0.39 is 5.97 Å². The zero-order valence-electron chi connectivity index (χ0n) is 11.0. The van der Waals surface area contributed by atoms with E-state index in [9.17, 15) is 4.79 Å². The Morgan fingerprint density at radius 1 is 1.58 bits per heavy atom. The molecule has 102 valence electrons. The highest BCUT2D eigenvalue weighted by atomic mass is 32.1. The molecule has 2 heterocycles. The summed E-state index contributed by atoms with van der Waals surface area (Å²) in [6.07, 6.45) is 0.989. The van der Waals surface area contributed by atoms with Crippen LogP contribution >= 0.6 is 11.3 Å². The second kappa shape index (κ2) is 6.04. The topological polar surface area (TPSA) is 62.5 Å². The van der Waals surface area contributed by atoms with Gasteiger partial charge in [0.05, 0.1) is 0 Å². The number of carbonyl (C=O) groups is 1. The van der Waals surface area contributed by atoms with E-state index in [0.717, 1.165) is 12.0 Å². The zero-order chi connectivity index (χ0) is 13.8. The van der Waals surface area contributed by atoms with Crippen LogP contribution in [0.1, 0.15) is 46.1 Å². The van der Waals surface area contributed by atoms with Gasteiger partial charge in [-0.25, -0.2) is 4.79 Å². The molecule has 4 nitrogen and oxygen atoms in total. The van der Waals surface area contributed by atoms with Crippen LogP contribution in [0.4, 0.5) is 0 Å². The van der Waals surface area contributed by atoms with Gasteiger partial charge in [-0.05, 0) is 30.9 Å². The average Bonchev–Trinajstić information content (AvgIpc) is 3.00. The number of hydrogen-bond donors (Lipinski definition) is 2. The first-order valence-corrected chi connectivity index (χ1v) is 7.09. The number of carboxylic acids is 1.